The molecule has 0 saturated heterocycles. The van der Waals surface area contributed by atoms with E-state index in [-0.39, 0.29) is 4.90 Å². The number of hydrogen-bond donors (Lipinski definition) is 3. The van der Waals surface area contributed by atoms with Crippen LogP contribution in [0.4, 0.5) is 0 Å². The third-order valence-corrected chi connectivity index (χ3v) is 3.38. The van der Waals surface area contributed by atoms with E-state index >= 15 is 0 Å². The second-order valence-corrected chi connectivity index (χ2v) is 5.17. The van der Waals surface area contributed by atoms with Gasteiger partial charge in [0.2, 0.25) is 0 Å². The van der Waals surface area contributed by atoms with Crippen LogP contribution in [-0.2, 0) is 19.6 Å². The molecule has 18 heavy (non-hydrogen) atoms. The maximum atomic E-state index is 11.7. The summed E-state index contributed by atoms with van der Waals surface area (Å²) in [5.41, 5.74) is 5.25. The Morgan fingerprint density at radius 3 is 2.33 bits per heavy atom. The van der Waals surface area contributed by atoms with Gasteiger partial charge in [-0.2, -0.15) is 0 Å². The van der Waals surface area contributed by atoms with Gasteiger partial charge in [-0.25, -0.2) is 13.1 Å². The van der Waals surface area contributed by atoms with Crippen LogP contribution in [0.5, 0.6) is 0 Å². The van der Waals surface area contributed by atoms with Crippen LogP contribution in [0.25, 0.3) is 0 Å². The molecule has 0 saturated carbocycles. The number of carbonyl (C=O) groups is 2. The molecule has 1 aromatic rings. The van der Waals surface area contributed by atoms with Gasteiger partial charge in [-0.15, -0.1) is 0 Å². The monoisotopic (exact) mass is 272 g/mol. The maximum Gasteiger partial charge on any atom is 0.305 e. The molecule has 0 heterocycles. The molecule has 98 valence electrons. The largest absolute Gasteiger partial charge is 0.481 e. The SMILES string of the molecule is NC(CC(=O)O)C(=O)NS(=O)(=O)c1ccccc1. The third kappa shape index (κ3) is 3.82. The first kappa shape index (κ1) is 14.1. The number of hydrogen-bond acceptors (Lipinski definition) is 5. The Balaban J connectivity index is 2.79. The van der Waals surface area contributed by atoms with Gasteiger partial charge in [0.15, 0.2) is 0 Å². The molecule has 0 fully saturated rings. The number of aliphatic carboxylic acids is 1. The van der Waals surface area contributed by atoms with E-state index in [1.807, 2.05) is 0 Å². The molecule has 8 heteroatoms. The molecule has 1 rings (SSSR count). The Kier molecular flexibility index (Phi) is 4.40. The number of carbonyl (C=O) groups excluding carboxylic acids is 1. The zero-order chi connectivity index (χ0) is 13.8. The molecule has 0 spiro atoms. The summed E-state index contributed by atoms with van der Waals surface area (Å²) in [5.74, 6) is -2.34. The summed E-state index contributed by atoms with van der Waals surface area (Å²) in [6.07, 6.45) is -0.643. The van der Waals surface area contributed by atoms with Crippen molar-refractivity contribution in [1.29, 1.82) is 0 Å². The second-order valence-electron chi connectivity index (χ2n) is 3.49. The van der Waals surface area contributed by atoms with Crippen LogP contribution in [0.2, 0.25) is 0 Å². The van der Waals surface area contributed by atoms with Crippen molar-refractivity contribution in [2.75, 3.05) is 0 Å². The number of benzene rings is 1. The predicted molar refractivity (Wildman–Crippen MR) is 62.0 cm³/mol. The molecule has 0 aliphatic rings. The van der Waals surface area contributed by atoms with Gasteiger partial charge in [0.05, 0.1) is 17.4 Å². The second kappa shape index (κ2) is 5.61. The summed E-state index contributed by atoms with van der Waals surface area (Å²) in [7, 11) is -4.01. The van der Waals surface area contributed by atoms with E-state index in [9.17, 15) is 18.0 Å². The normalized spacial score (nSPS) is 12.7. The van der Waals surface area contributed by atoms with Crippen LogP contribution in [0, 0.1) is 0 Å². The Hall–Kier alpha value is -1.93. The molecule has 1 aromatic carbocycles. The summed E-state index contributed by atoms with van der Waals surface area (Å²) in [4.78, 5) is 21.6. The molecule has 7 nitrogen and oxygen atoms in total. The number of sulfonamides is 1. The van der Waals surface area contributed by atoms with E-state index in [4.69, 9.17) is 10.8 Å². The summed E-state index contributed by atoms with van der Waals surface area (Å²) < 4.78 is 25.1. The number of nitrogens with one attached hydrogen (secondary N) is 1. The minimum Gasteiger partial charge on any atom is -0.481 e. The standard InChI is InChI=1S/C10H12N2O5S/c11-8(6-9(13)14)10(15)12-18(16,17)7-4-2-1-3-5-7/h1-5,8H,6,11H2,(H,12,15)(H,13,14). The highest BCUT2D eigenvalue weighted by molar-refractivity contribution is 7.90. The lowest BCUT2D eigenvalue weighted by molar-refractivity contribution is -0.139. The van der Waals surface area contributed by atoms with E-state index in [1.165, 1.54) is 24.3 Å². The summed E-state index contributed by atoms with van der Waals surface area (Å²) in [6.45, 7) is 0. The van der Waals surface area contributed by atoms with Crippen molar-refractivity contribution in [1.82, 2.24) is 4.72 Å². The first-order valence-corrected chi connectivity index (χ1v) is 6.40. The summed E-state index contributed by atoms with van der Waals surface area (Å²) >= 11 is 0. The van der Waals surface area contributed by atoms with Crippen molar-refractivity contribution in [2.45, 2.75) is 17.4 Å². The number of carboxylic acids is 1. The average Bonchev–Trinajstić information content (AvgIpc) is 2.28. The molecule has 4 N–H and O–H groups in total. The highest BCUT2D eigenvalue weighted by Crippen LogP contribution is 2.07. The Morgan fingerprint density at radius 2 is 1.83 bits per heavy atom. The quantitative estimate of drug-likeness (QED) is 0.650. The van der Waals surface area contributed by atoms with Crippen molar-refractivity contribution in [3.63, 3.8) is 0 Å². The summed E-state index contributed by atoms with van der Waals surface area (Å²) in [6, 6.07) is 5.81. The van der Waals surface area contributed by atoms with Crippen LogP contribution >= 0.6 is 0 Å². The van der Waals surface area contributed by atoms with E-state index in [0.717, 1.165) is 0 Å². The molecule has 1 unspecified atom stereocenters. The van der Waals surface area contributed by atoms with E-state index in [2.05, 4.69) is 0 Å². The number of nitrogens with two attached hydrogens (primary N) is 1. The molecule has 0 bridgehead atoms. The molecule has 0 aromatic heterocycles. The smallest absolute Gasteiger partial charge is 0.305 e. The van der Waals surface area contributed by atoms with Crippen molar-refractivity contribution >= 4 is 21.9 Å². The first-order chi connectivity index (χ1) is 8.33. The van der Waals surface area contributed by atoms with Crippen LogP contribution in [0.3, 0.4) is 0 Å². The summed E-state index contributed by atoms with van der Waals surface area (Å²) in [5, 5.41) is 8.44. The van der Waals surface area contributed by atoms with Gasteiger partial charge in [-0.05, 0) is 12.1 Å². The molecule has 0 aliphatic heterocycles. The highest BCUT2D eigenvalue weighted by Gasteiger charge is 2.23. The van der Waals surface area contributed by atoms with Gasteiger partial charge in [0, 0.05) is 0 Å². The van der Waals surface area contributed by atoms with Crippen molar-refractivity contribution in [3.05, 3.63) is 30.3 Å². The highest BCUT2D eigenvalue weighted by atomic mass is 32.2. The van der Waals surface area contributed by atoms with Crippen LogP contribution in [0.15, 0.2) is 35.2 Å². The third-order valence-electron chi connectivity index (χ3n) is 2.02. The predicted octanol–water partition coefficient (Wildman–Crippen LogP) is -0.706. The zero-order valence-corrected chi connectivity index (χ0v) is 10.1. The van der Waals surface area contributed by atoms with E-state index in [0.29, 0.717) is 0 Å². The lowest BCUT2D eigenvalue weighted by Gasteiger charge is -2.10. The van der Waals surface area contributed by atoms with E-state index < -0.39 is 34.4 Å². The van der Waals surface area contributed by atoms with Crippen molar-refractivity contribution in [3.8, 4) is 0 Å². The zero-order valence-electron chi connectivity index (χ0n) is 9.24. The molecule has 1 atom stereocenters. The molecular weight excluding hydrogens is 260 g/mol. The van der Waals surface area contributed by atoms with Crippen molar-refractivity contribution < 1.29 is 23.1 Å². The number of rotatable bonds is 5. The lowest BCUT2D eigenvalue weighted by Crippen LogP contribution is -2.44. The molecule has 0 radical (unpaired) electrons. The van der Waals surface area contributed by atoms with E-state index in [1.54, 1.807) is 10.8 Å². The van der Waals surface area contributed by atoms with Crippen LogP contribution < -0.4 is 10.5 Å². The van der Waals surface area contributed by atoms with Gasteiger partial charge in [-0.3, -0.25) is 9.59 Å². The van der Waals surface area contributed by atoms with Gasteiger partial charge < -0.3 is 10.8 Å². The lowest BCUT2D eigenvalue weighted by atomic mass is 10.2. The minimum absolute atomic E-state index is 0.0964. The average molecular weight is 272 g/mol. The fraction of sp³-hybridized carbons (Fsp3) is 0.200. The number of amides is 1. The van der Waals surface area contributed by atoms with Gasteiger partial charge in [0.1, 0.15) is 0 Å². The topological polar surface area (TPSA) is 127 Å². The van der Waals surface area contributed by atoms with Crippen LogP contribution in [0.1, 0.15) is 6.42 Å². The van der Waals surface area contributed by atoms with Crippen LogP contribution in [-0.4, -0.2) is 31.4 Å². The Bertz CT molecular complexity index is 541. The fourth-order valence-electron chi connectivity index (χ4n) is 1.15. The van der Waals surface area contributed by atoms with Crippen molar-refractivity contribution in [2.24, 2.45) is 5.73 Å². The Morgan fingerprint density at radius 1 is 1.28 bits per heavy atom. The molecule has 0 aliphatic carbocycles. The first-order valence-electron chi connectivity index (χ1n) is 4.92. The Labute approximate surface area is 104 Å². The minimum atomic E-state index is -4.01. The molecular formula is C10H12N2O5S. The van der Waals surface area contributed by atoms with Gasteiger partial charge in [0.25, 0.3) is 15.9 Å². The van der Waals surface area contributed by atoms with Gasteiger partial charge >= 0.3 is 5.97 Å². The fourth-order valence-corrected chi connectivity index (χ4v) is 2.20. The number of carboxylic acid groups (broad SMARTS) is 1. The maximum absolute atomic E-state index is 11.7. The van der Waals surface area contributed by atoms with Gasteiger partial charge in [-0.1, -0.05) is 18.2 Å². The molecule has 1 amide bonds.